The lowest BCUT2D eigenvalue weighted by molar-refractivity contribution is -0.385. The van der Waals surface area contributed by atoms with Gasteiger partial charge in [-0.3, -0.25) is 14.9 Å². The standard InChI is InChI=1S/C12H9BrN2O4S/c1-19-10-3-2-7(6-9(10)15(17)18)14-12(16)11-8(13)4-5-20-11/h2-6H,1H3,(H,14,16). The van der Waals surface area contributed by atoms with Crippen LogP contribution in [0.25, 0.3) is 0 Å². The number of nitrogens with one attached hydrogen (secondary N) is 1. The fraction of sp³-hybridized carbons (Fsp3) is 0.0833. The van der Waals surface area contributed by atoms with Gasteiger partial charge in [0, 0.05) is 16.2 Å². The molecule has 1 N–H and O–H groups in total. The van der Waals surface area contributed by atoms with E-state index in [2.05, 4.69) is 21.2 Å². The van der Waals surface area contributed by atoms with Crippen molar-refractivity contribution in [2.75, 3.05) is 12.4 Å². The molecule has 0 aliphatic rings. The number of anilines is 1. The zero-order valence-corrected chi connectivity index (χ0v) is 12.7. The maximum absolute atomic E-state index is 12.0. The number of ether oxygens (including phenoxy) is 1. The van der Waals surface area contributed by atoms with Gasteiger partial charge in [-0.25, -0.2) is 0 Å². The van der Waals surface area contributed by atoms with Gasteiger partial charge in [-0.05, 0) is 39.5 Å². The maximum Gasteiger partial charge on any atom is 0.312 e. The van der Waals surface area contributed by atoms with Crippen molar-refractivity contribution in [2.45, 2.75) is 0 Å². The number of hydrogen-bond acceptors (Lipinski definition) is 5. The van der Waals surface area contributed by atoms with E-state index in [9.17, 15) is 14.9 Å². The lowest BCUT2D eigenvalue weighted by Gasteiger charge is -2.06. The molecule has 104 valence electrons. The Labute approximate surface area is 126 Å². The monoisotopic (exact) mass is 356 g/mol. The van der Waals surface area contributed by atoms with E-state index < -0.39 is 4.92 Å². The van der Waals surface area contributed by atoms with E-state index in [1.54, 1.807) is 17.5 Å². The van der Waals surface area contributed by atoms with Crippen LogP contribution in [-0.2, 0) is 0 Å². The van der Waals surface area contributed by atoms with Gasteiger partial charge in [0.15, 0.2) is 5.75 Å². The number of thiophene rings is 1. The molecule has 0 unspecified atom stereocenters. The van der Waals surface area contributed by atoms with Gasteiger partial charge in [-0.1, -0.05) is 0 Å². The highest BCUT2D eigenvalue weighted by molar-refractivity contribution is 9.10. The molecule has 0 radical (unpaired) electrons. The smallest absolute Gasteiger partial charge is 0.312 e. The van der Waals surface area contributed by atoms with Crippen LogP contribution in [0, 0.1) is 10.1 Å². The fourth-order valence-electron chi connectivity index (χ4n) is 1.55. The highest BCUT2D eigenvalue weighted by Gasteiger charge is 2.17. The second-order valence-electron chi connectivity index (χ2n) is 3.70. The Morgan fingerprint density at radius 3 is 2.75 bits per heavy atom. The molecule has 0 atom stereocenters. The van der Waals surface area contributed by atoms with Gasteiger partial charge in [0.05, 0.1) is 12.0 Å². The van der Waals surface area contributed by atoms with Gasteiger partial charge < -0.3 is 10.1 Å². The van der Waals surface area contributed by atoms with Crippen molar-refractivity contribution in [3.05, 3.63) is 49.1 Å². The van der Waals surface area contributed by atoms with E-state index in [-0.39, 0.29) is 17.3 Å². The SMILES string of the molecule is COc1ccc(NC(=O)c2sccc2Br)cc1[N+](=O)[O-]. The normalized spacial score (nSPS) is 10.1. The molecule has 0 aliphatic carbocycles. The summed E-state index contributed by atoms with van der Waals surface area (Å²) < 4.78 is 5.58. The number of nitro benzene ring substituents is 1. The van der Waals surface area contributed by atoms with Crippen LogP contribution in [0.15, 0.2) is 34.1 Å². The van der Waals surface area contributed by atoms with Crippen LogP contribution in [0.4, 0.5) is 11.4 Å². The molecule has 0 spiro atoms. The predicted octanol–water partition coefficient (Wildman–Crippen LogP) is 3.68. The first-order chi connectivity index (χ1) is 9.52. The molecular formula is C12H9BrN2O4S. The number of rotatable bonds is 4. The van der Waals surface area contributed by atoms with Gasteiger partial charge in [0.2, 0.25) is 0 Å². The minimum Gasteiger partial charge on any atom is -0.490 e. The molecule has 2 aromatic rings. The number of carbonyl (C=O) groups excluding carboxylic acids is 1. The Kier molecular flexibility index (Phi) is 4.35. The zero-order valence-electron chi connectivity index (χ0n) is 10.3. The number of methoxy groups -OCH3 is 1. The average Bonchev–Trinajstić information content (AvgIpc) is 2.85. The molecule has 20 heavy (non-hydrogen) atoms. The topological polar surface area (TPSA) is 81.5 Å². The second kappa shape index (κ2) is 6.02. The van der Waals surface area contributed by atoms with Crippen molar-refractivity contribution in [1.82, 2.24) is 0 Å². The highest BCUT2D eigenvalue weighted by Crippen LogP contribution is 2.30. The minimum atomic E-state index is -0.560. The molecule has 0 saturated carbocycles. The number of halogens is 1. The quantitative estimate of drug-likeness (QED) is 0.669. The maximum atomic E-state index is 12.0. The van der Waals surface area contributed by atoms with Gasteiger partial charge >= 0.3 is 5.69 Å². The number of benzene rings is 1. The predicted molar refractivity (Wildman–Crippen MR) is 79.6 cm³/mol. The molecule has 6 nitrogen and oxygen atoms in total. The molecule has 0 saturated heterocycles. The molecule has 2 rings (SSSR count). The fourth-order valence-corrected chi connectivity index (χ4v) is 3.00. The van der Waals surface area contributed by atoms with Crippen LogP contribution >= 0.6 is 27.3 Å². The Balaban J connectivity index is 2.26. The lowest BCUT2D eigenvalue weighted by Crippen LogP contribution is -2.11. The van der Waals surface area contributed by atoms with Crippen molar-refractivity contribution in [3.8, 4) is 5.75 Å². The van der Waals surface area contributed by atoms with Gasteiger partial charge in [0.25, 0.3) is 5.91 Å². The number of carbonyl (C=O) groups is 1. The van der Waals surface area contributed by atoms with E-state index in [0.29, 0.717) is 15.0 Å². The Morgan fingerprint density at radius 1 is 1.45 bits per heavy atom. The van der Waals surface area contributed by atoms with Crippen molar-refractivity contribution < 1.29 is 14.5 Å². The number of amides is 1. The third kappa shape index (κ3) is 2.97. The van der Waals surface area contributed by atoms with Crippen LogP contribution < -0.4 is 10.1 Å². The van der Waals surface area contributed by atoms with Crippen LogP contribution in [0.5, 0.6) is 5.75 Å². The van der Waals surface area contributed by atoms with Crippen molar-refractivity contribution in [3.63, 3.8) is 0 Å². The molecular weight excluding hydrogens is 348 g/mol. The Hall–Kier alpha value is -1.93. The van der Waals surface area contributed by atoms with Gasteiger partial charge in [0.1, 0.15) is 4.88 Å². The second-order valence-corrected chi connectivity index (χ2v) is 5.47. The summed E-state index contributed by atoms with van der Waals surface area (Å²) in [6.45, 7) is 0. The molecule has 0 bridgehead atoms. The zero-order chi connectivity index (χ0) is 14.7. The molecule has 0 aliphatic heterocycles. The summed E-state index contributed by atoms with van der Waals surface area (Å²) >= 11 is 4.54. The van der Waals surface area contributed by atoms with E-state index in [1.165, 1.54) is 30.6 Å². The summed E-state index contributed by atoms with van der Waals surface area (Å²) in [7, 11) is 1.35. The third-order valence-corrected chi connectivity index (χ3v) is 4.29. The van der Waals surface area contributed by atoms with Crippen LogP contribution in [0.2, 0.25) is 0 Å². The van der Waals surface area contributed by atoms with Gasteiger partial charge in [-0.2, -0.15) is 0 Å². The summed E-state index contributed by atoms with van der Waals surface area (Å²) in [5.74, 6) is -0.184. The third-order valence-electron chi connectivity index (χ3n) is 2.46. The Bertz CT molecular complexity index is 671. The first kappa shape index (κ1) is 14.5. The highest BCUT2D eigenvalue weighted by atomic mass is 79.9. The summed E-state index contributed by atoms with van der Waals surface area (Å²) in [5, 5.41) is 15.3. The minimum absolute atomic E-state index is 0.144. The first-order valence-electron chi connectivity index (χ1n) is 5.39. The average molecular weight is 357 g/mol. The van der Waals surface area contributed by atoms with Gasteiger partial charge in [-0.15, -0.1) is 11.3 Å². The van der Waals surface area contributed by atoms with E-state index in [4.69, 9.17) is 4.74 Å². The molecule has 1 aromatic heterocycles. The van der Waals surface area contributed by atoms with E-state index in [1.807, 2.05) is 0 Å². The molecule has 1 amide bonds. The number of nitro groups is 1. The molecule has 0 fully saturated rings. The number of hydrogen-bond donors (Lipinski definition) is 1. The van der Waals surface area contributed by atoms with E-state index in [0.717, 1.165) is 0 Å². The van der Waals surface area contributed by atoms with Crippen LogP contribution in [0.3, 0.4) is 0 Å². The molecule has 1 aromatic carbocycles. The summed E-state index contributed by atoms with van der Waals surface area (Å²) in [4.78, 5) is 22.9. The summed E-state index contributed by atoms with van der Waals surface area (Å²) in [6, 6.07) is 6.01. The van der Waals surface area contributed by atoms with Crippen molar-refractivity contribution >= 4 is 44.5 Å². The number of nitrogens with zero attached hydrogens (tertiary/aromatic N) is 1. The van der Waals surface area contributed by atoms with E-state index >= 15 is 0 Å². The molecule has 1 heterocycles. The summed E-state index contributed by atoms with van der Waals surface area (Å²) in [5.41, 5.74) is 0.137. The van der Waals surface area contributed by atoms with Crippen molar-refractivity contribution in [1.29, 1.82) is 0 Å². The Morgan fingerprint density at radius 2 is 2.20 bits per heavy atom. The summed E-state index contributed by atoms with van der Waals surface area (Å²) in [6.07, 6.45) is 0. The van der Waals surface area contributed by atoms with Crippen LogP contribution in [-0.4, -0.2) is 17.9 Å². The van der Waals surface area contributed by atoms with Crippen molar-refractivity contribution in [2.24, 2.45) is 0 Å². The molecule has 8 heteroatoms. The van der Waals surface area contributed by atoms with Crippen LogP contribution in [0.1, 0.15) is 9.67 Å². The first-order valence-corrected chi connectivity index (χ1v) is 7.07. The lowest BCUT2D eigenvalue weighted by atomic mass is 10.2. The largest absolute Gasteiger partial charge is 0.490 e.